The fourth-order valence-electron chi connectivity index (χ4n) is 3.34. The summed E-state index contributed by atoms with van der Waals surface area (Å²) in [4.78, 5) is 4.68. The van der Waals surface area contributed by atoms with Gasteiger partial charge in [0.1, 0.15) is 5.82 Å². The molecule has 1 aromatic heterocycles. The van der Waals surface area contributed by atoms with Crippen LogP contribution in [0.2, 0.25) is 0 Å². The van der Waals surface area contributed by atoms with Crippen LogP contribution in [0.4, 0.5) is 0 Å². The zero-order valence-corrected chi connectivity index (χ0v) is 12.5. The van der Waals surface area contributed by atoms with E-state index in [1.54, 1.807) is 0 Å². The summed E-state index contributed by atoms with van der Waals surface area (Å²) in [5.74, 6) is 3.18. The first-order valence-electron chi connectivity index (χ1n) is 7.19. The molecule has 2 atom stereocenters. The van der Waals surface area contributed by atoms with Crippen LogP contribution in [0.5, 0.6) is 0 Å². The maximum atomic E-state index is 6.07. The summed E-state index contributed by atoms with van der Waals surface area (Å²) in [6, 6.07) is 6.50. The second-order valence-corrected chi connectivity index (χ2v) is 6.32. The summed E-state index contributed by atoms with van der Waals surface area (Å²) in [5.41, 5.74) is 3.58. The number of hydrogen-bond donors (Lipinski definition) is 0. The maximum Gasteiger partial charge on any atom is 0.124 e. The van der Waals surface area contributed by atoms with Crippen LogP contribution in [-0.4, -0.2) is 9.55 Å². The van der Waals surface area contributed by atoms with Crippen LogP contribution in [0.3, 0.4) is 0 Å². The minimum Gasteiger partial charge on any atom is -0.327 e. The Morgan fingerprint density at radius 1 is 1.37 bits per heavy atom. The van der Waals surface area contributed by atoms with E-state index >= 15 is 0 Å². The third-order valence-electron chi connectivity index (χ3n) is 4.35. The van der Waals surface area contributed by atoms with Crippen molar-refractivity contribution in [2.24, 2.45) is 11.8 Å². The summed E-state index contributed by atoms with van der Waals surface area (Å²) in [6.07, 6.45) is 4.05. The molecular weight excluding hydrogens is 256 g/mol. The third-order valence-corrected chi connectivity index (χ3v) is 4.59. The Balaban J connectivity index is 1.96. The van der Waals surface area contributed by atoms with Crippen molar-refractivity contribution in [1.29, 1.82) is 0 Å². The van der Waals surface area contributed by atoms with Crippen LogP contribution >= 0.6 is 11.6 Å². The molecule has 1 aromatic carbocycles. The summed E-state index contributed by atoms with van der Waals surface area (Å²) in [5, 5.41) is 0. The Labute approximate surface area is 119 Å². The number of hydrogen-bond acceptors (Lipinski definition) is 1. The fraction of sp³-hybridized carbons (Fsp3) is 0.562. The lowest BCUT2D eigenvalue weighted by atomic mass is 10.1. The van der Waals surface area contributed by atoms with E-state index in [-0.39, 0.29) is 0 Å². The molecule has 0 amide bonds. The normalized spacial score (nSPS) is 23.3. The van der Waals surface area contributed by atoms with Crippen LogP contribution in [0, 0.1) is 18.8 Å². The molecule has 1 aliphatic rings. The highest BCUT2D eigenvalue weighted by molar-refractivity contribution is 6.16. The number of alkyl halides is 1. The van der Waals surface area contributed by atoms with E-state index in [1.165, 1.54) is 30.3 Å². The fourth-order valence-corrected chi connectivity index (χ4v) is 3.55. The van der Waals surface area contributed by atoms with Gasteiger partial charge in [0.05, 0.1) is 16.9 Å². The Hall–Kier alpha value is -1.02. The van der Waals surface area contributed by atoms with E-state index in [0.29, 0.717) is 5.88 Å². The second kappa shape index (κ2) is 5.16. The smallest absolute Gasteiger partial charge is 0.124 e. The summed E-state index contributed by atoms with van der Waals surface area (Å²) in [7, 11) is 0. The lowest BCUT2D eigenvalue weighted by Gasteiger charge is -2.13. The molecule has 0 saturated heterocycles. The highest BCUT2D eigenvalue weighted by atomic mass is 35.5. The average Bonchev–Trinajstić information content (AvgIpc) is 2.94. The third kappa shape index (κ3) is 2.51. The molecule has 2 nitrogen and oxygen atoms in total. The zero-order valence-electron chi connectivity index (χ0n) is 11.7. The maximum absolute atomic E-state index is 6.07. The minimum absolute atomic E-state index is 0.496. The van der Waals surface area contributed by atoms with Gasteiger partial charge in [-0.3, -0.25) is 0 Å². The Morgan fingerprint density at radius 3 is 2.89 bits per heavy atom. The monoisotopic (exact) mass is 276 g/mol. The molecule has 2 aromatic rings. The largest absolute Gasteiger partial charge is 0.327 e. The SMILES string of the molecule is Cc1ccc2c(c1)nc(CCl)n2CC1CCC(C)C1. The number of aryl methyl sites for hydroxylation is 1. The minimum atomic E-state index is 0.496. The molecule has 3 heteroatoms. The Kier molecular flexibility index (Phi) is 3.53. The first-order valence-corrected chi connectivity index (χ1v) is 7.72. The molecule has 1 aliphatic carbocycles. The average molecular weight is 277 g/mol. The quantitative estimate of drug-likeness (QED) is 0.754. The summed E-state index contributed by atoms with van der Waals surface area (Å²) in [6.45, 7) is 5.54. The van der Waals surface area contributed by atoms with Crippen molar-refractivity contribution >= 4 is 22.6 Å². The van der Waals surface area contributed by atoms with E-state index in [2.05, 4.69) is 41.6 Å². The van der Waals surface area contributed by atoms with E-state index in [4.69, 9.17) is 11.6 Å². The molecule has 2 unspecified atom stereocenters. The number of fused-ring (bicyclic) bond motifs is 1. The van der Waals surface area contributed by atoms with Gasteiger partial charge in [0.2, 0.25) is 0 Å². The van der Waals surface area contributed by atoms with Crippen LogP contribution in [0.1, 0.15) is 37.6 Å². The molecule has 1 fully saturated rings. The van der Waals surface area contributed by atoms with Crippen molar-refractivity contribution in [1.82, 2.24) is 9.55 Å². The van der Waals surface area contributed by atoms with E-state index in [9.17, 15) is 0 Å². The van der Waals surface area contributed by atoms with Gasteiger partial charge in [0.25, 0.3) is 0 Å². The standard InChI is InChI=1S/C16H21ClN2/c1-11-3-5-13(7-11)10-19-15-6-4-12(2)8-14(15)18-16(19)9-17/h4,6,8,11,13H,3,5,7,9-10H2,1-2H3. The van der Waals surface area contributed by atoms with E-state index in [0.717, 1.165) is 29.7 Å². The number of aromatic nitrogens is 2. The predicted molar refractivity (Wildman–Crippen MR) is 80.5 cm³/mol. The van der Waals surface area contributed by atoms with Crippen molar-refractivity contribution in [2.45, 2.75) is 45.5 Å². The summed E-state index contributed by atoms with van der Waals surface area (Å²) < 4.78 is 2.34. The van der Waals surface area contributed by atoms with Gasteiger partial charge in [0, 0.05) is 6.54 Å². The van der Waals surface area contributed by atoms with Gasteiger partial charge in [-0.2, -0.15) is 0 Å². The first kappa shape index (κ1) is 13.0. The van der Waals surface area contributed by atoms with Gasteiger partial charge in [-0.05, 0) is 49.3 Å². The molecule has 1 saturated carbocycles. The van der Waals surface area contributed by atoms with Crippen molar-refractivity contribution in [3.05, 3.63) is 29.6 Å². The van der Waals surface area contributed by atoms with Gasteiger partial charge < -0.3 is 4.57 Å². The molecule has 1 heterocycles. The van der Waals surface area contributed by atoms with Crippen molar-refractivity contribution < 1.29 is 0 Å². The van der Waals surface area contributed by atoms with Crippen molar-refractivity contribution in [3.63, 3.8) is 0 Å². The molecule has 3 rings (SSSR count). The topological polar surface area (TPSA) is 17.8 Å². The highest BCUT2D eigenvalue weighted by Crippen LogP contribution is 2.33. The molecule has 0 N–H and O–H groups in total. The molecule has 0 spiro atoms. The number of benzene rings is 1. The molecule has 19 heavy (non-hydrogen) atoms. The molecule has 0 bridgehead atoms. The lowest BCUT2D eigenvalue weighted by Crippen LogP contribution is -2.10. The highest BCUT2D eigenvalue weighted by Gasteiger charge is 2.23. The van der Waals surface area contributed by atoms with Crippen molar-refractivity contribution in [3.8, 4) is 0 Å². The zero-order chi connectivity index (χ0) is 13.4. The van der Waals surface area contributed by atoms with E-state index < -0.39 is 0 Å². The Bertz CT molecular complexity index is 588. The van der Waals surface area contributed by atoms with Crippen LogP contribution < -0.4 is 0 Å². The predicted octanol–water partition coefficient (Wildman–Crippen LogP) is 4.52. The van der Waals surface area contributed by atoms with Crippen LogP contribution in [0.25, 0.3) is 11.0 Å². The van der Waals surface area contributed by atoms with Gasteiger partial charge in [-0.15, -0.1) is 11.6 Å². The number of halogens is 1. The number of nitrogens with zero attached hydrogens (tertiary/aromatic N) is 2. The first-order chi connectivity index (χ1) is 9.17. The van der Waals surface area contributed by atoms with Gasteiger partial charge in [0.15, 0.2) is 0 Å². The molecule has 102 valence electrons. The van der Waals surface area contributed by atoms with Crippen LogP contribution in [0.15, 0.2) is 18.2 Å². The number of rotatable bonds is 3. The molecule has 0 radical (unpaired) electrons. The molecule has 0 aliphatic heterocycles. The van der Waals surface area contributed by atoms with E-state index in [1.807, 2.05) is 0 Å². The van der Waals surface area contributed by atoms with Crippen LogP contribution in [-0.2, 0) is 12.4 Å². The lowest BCUT2D eigenvalue weighted by molar-refractivity contribution is 0.441. The Morgan fingerprint density at radius 2 is 2.21 bits per heavy atom. The van der Waals surface area contributed by atoms with Gasteiger partial charge >= 0.3 is 0 Å². The van der Waals surface area contributed by atoms with Crippen molar-refractivity contribution in [2.75, 3.05) is 0 Å². The summed E-state index contributed by atoms with van der Waals surface area (Å²) >= 11 is 6.07. The van der Waals surface area contributed by atoms with Gasteiger partial charge in [-0.1, -0.05) is 19.4 Å². The van der Waals surface area contributed by atoms with Gasteiger partial charge in [-0.25, -0.2) is 4.98 Å². The second-order valence-electron chi connectivity index (χ2n) is 6.05. The number of imidazole rings is 1. The molecular formula is C16H21ClN2.